The first-order valence-corrected chi connectivity index (χ1v) is 11.4. The number of ether oxygens (including phenoxy) is 4. The van der Waals surface area contributed by atoms with Crippen molar-refractivity contribution in [3.63, 3.8) is 0 Å². The summed E-state index contributed by atoms with van der Waals surface area (Å²) in [5.74, 6) is -0.507. The molecule has 0 N–H and O–H groups in total. The molecule has 0 aliphatic heterocycles. The molecule has 0 aromatic heterocycles. The molecule has 176 valence electrons. The van der Waals surface area contributed by atoms with Crippen molar-refractivity contribution in [2.24, 2.45) is 5.92 Å². The Labute approximate surface area is 190 Å². The standard InChI is InChI=1S/C25H34O7/c1-5-8-22(32-23(26)7-3)25(28)31-20-11-9-18(10-12-20)24(27)30-21-15-13-19(14-16-21)29-17(4)6-2/h7,13-18,20,22H,3,5-6,8-12H2,1-2,4H3. The molecule has 0 heterocycles. The van der Waals surface area contributed by atoms with Crippen LogP contribution in [0.25, 0.3) is 0 Å². The molecule has 7 nitrogen and oxygen atoms in total. The van der Waals surface area contributed by atoms with Crippen molar-refractivity contribution in [3.8, 4) is 11.5 Å². The van der Waals surface area contributed by atoms with Gasteiger partial charge in [0.05, 0.1) is 12.0 Å². The monoisotopic (exact) mass is 446 g/mol. The van der Waals surface area contributed by atoms with Crippen molar-refractivity contribution in [1.82, 2.24) is 0 Å². The molecular formula is C25H34O7. The van der Waals surface area contributed by atoms with Crippen molar-refractivity contribution in [2.45, 2.75) is 84.0 Å². The Kier molecular flexibility index (Phi) is 10.2. The van der Waals surface area contributed by atoms with Gasteiger partial charge in [0, 0.05) is 6.08 Å². The highest BCUT2D eigenvalue weighted by Crippen LogP contribution is 2.29. The van der Waals surface area contributed by atoms with Gasteiger partial charge in [0.15, 0.2) is 6.10 Å². The molecule has 2 atom stereocenters. The summed E-state index contributed by atoms with van der Waals surface area (Å²) in [4.78, 5) is 36.3. The molecule has 0 spiro atoms. The van der Waals surface area contributed by atoms with Gasteiger partial charge in [-0.25, -0.2) is 9.59 Å². The first-order valence-electron chi connectivity index (χ1n) is 11.4. The summed E-state index contributed by atoms with van der Waals surface area (Å²) in [5, 5.41) is 0. The summed E-state index contributed by atoms with van der Waals surface area (Å²) in [7, 11) is 0. The molecule has 1 aromatic carbocycles. The van der Waals surface area contributed by atoms with E-state index in [2.05, 4.69) is 13.5 Å². The van der Waals surface area contributed by atoms with Crippen molar-refractivity contribution in [2.75, 3.05) is 0 Å². The highest BCUT2D eigenvalue weighted by atomic mass is 16.6. The molecule has 0 bridgehead atoms. The number of benzene rings is 1. The normalized spacial score (nSPS) is 19.8. The van der Waals surface area contributed by atoms with Gasteiger partial charge in [-0.3, -0.25) is 4.79 Å². The number of carbonyl (C=O) groups is 3. The minimum Gasteiger partial charge on any atom is -0.491 e. The number of esters is 3. The van der Waals surface area contributed by atoms with Crippen LogP contribution in [-0.4, -0.2) is 36.2 Å². The second-order valence-corrected chi connectivity index (χ2v) is 8.06. The Bertz CT molecular complexity index is 763. The molecule has 1 fully saturated rings. The maximum atomic E-state index is 12.5. The third-order valence-electron chi connectivity index (χ3n) is 5.48. The van der Waals surface area contributed by atoms with E-state index in [1.807, 2.05) is 13.8 Å². The highest BCUT2D eigenvalue weighted by Gasteiger charge is 2.32. The van der Waals surface area contributed by atoms with Crippen molar-refractivity contribution in [1.29, 1.82) is 0 Å². The topological polar surface area (TPSA) is 88.1 Å². The molecule has 1 aliphatic carbocycles. The van der Waals surface area contributed by atoms with Crippen LogP contribution < -0.4 is 9.47 Å². The minimum atomic E-state index is -0.930. The predicted molar refractivity (Wildman–Crippen MR) is 119 cm³/mol. The van der Waals surface area contributed by atoms with Crippen LogP contribution in [0.4, 0.5) is 0 Å². The van der Waals surface area contributed by atoms with Gasteiger partial charge < -0.3 is 18.9 Å². The van der Waals surface area contributed by atoms with Crippen molar-refractivity contribution in [3.05, 3.63) is 36.9 Å². The molecule has 32 heavy (non-hydrogen) atoms. The molecule has 0 amide bonds. The third-order valence-corrected chi connectivity index (χ3v) is 5.48. The van der Waals surface area contributed by atoms with E-state index >= 15 is 0 Å². The van der Waals surface area contributed by atoms with Crippen LogP contribution in [0.5, 0.6) is 11.5 Å². The van der Waals surface area contributed by atoms with E-state index in [1.54, 1.807) is 24.3 Å². The van der Waals surface area contributed by atoms with E-state index in [1.165, 1.54) is 0 Å². The lowest BCUT2D eigenvalue weighted by Gasteiger charge is -2.28. The van der Waals surface area contributed by atoms with E-state index in [4.69, 9.17) is 18.9 Å². The molecule has 2 unspecified atom stereocenters. The molecule has 0 saturated heterocycles. The fourth-order valence-electron chi connectivity index (χ4n) is 3.43. The van der Waals surface area contributed by atoms with E-state index in [0.29, 0.717) is 44.3 Å². The molecule has 2 rings (SSSR count). The van der Waals surface area contributed by atoms with Gasteiger partial charge in [-0.05, 0) is 69.7 Å². The first kappa shape index (κ1) is 25.4. The van der Waals surface area contributed by atoms with Crippen LogP contribution in [0.3, 0.4) is 0 Å². The van der Waals surface area contributed by atoms with Gasteiger partial charge in [0.25, 0.3) is 0 Å². The predicted octanol–water partition coefficient (Wildman–Crippen LogP) is 4.77. The summed E-state index contributed by atoms with van der Waals surface area (Å²) in [5.41, 5.74) is 0. The van der Waals surface area contributed by atoms with Gasteiger partial charge in [0.2, 0.25) is 0 Å². The van der Waals surface area contributed by atoms with Gasteiger partial charge in [-0.15, -0.1) is 0 Å². The lowest BCUT2D eigenvalue weighted by molar-refractivity contribution is -0.171. The molecule has 1 aliphatic rings. The highest BCUT2D eigenvalue weighted by molar-refractivity contribution is 5.85. The van der Waals surface area contributed by atoms with E-state index in [0.717, 1.165) is 18.2 Å². The number of carbonyl (C=O) groups excluding carboxylic acids is 3. The lowest BCUT2D eigenvalue weighted by Crippen LogP contribution is -2.35. The Balaban J connectivity index is 1.80. The maximum absolute atomic E-state index is 12.5. The molecule has 0 radical (unpaired) electrons. The zero-order chi connectivity index (χ0) is 23.5. The van der Waals surface area contributed by atoms with Crippen LogP contribution in [0, 0.1) is 5.92 Å². The lowest BCUT2D eigenvalue weighted by atomic mass is 9.87. The Morgan fingerprint density at radius 1 is 1.06 bits per heavy atom. The average Bonchev–Trinajstić information content (AvgIpc) is 2.80. The number of hydrogen-bond donors (Lipinski definition) is 0. The SMILES string of the molecule is C=CC(=O)OC(CCC)C(=O)OC1CCC(C(=O)Oc2ccc(OC(C)CC)cc2)CC1. The van der Waals surface area contributed by atoms with Crippen LogP contribution in [0.1, 0.15) is 65.7 Å². The fourth-order valence-corrected chi connectivity index (χ4v) is 3.43. The third kappa shape index (κ3) is 8.02. The summed E-state index contributed by atoms with van der Waals surface area (Å²) in [6.45, 7) is 9.29. The van der Waals surface area contributed by atoms with Crippen molar-refractivity contribution < 1.29 is 33.3 Å². The maximum Gasteiger partial charge on any atom is 0.347 e. The Morgan fingerprint density at radius 3 is 2.25 bits per heavy atom. The van der Waals surface area contributed by atoms with E-state index < -0.39 is 18.0 Å². The van der Waals surface area contributed by atoms with Gasteiger partial charge in [0.1, 0.15) is 17.6 Å². The smallest absolute Gasteiger partial charge is 0.347 e. The van der Waals surface area contributed by atoms with Crippen LogP contribution in [-0.2, 0) is 23.9 Å². The zero-order valence-corrected chi connectivity index (χ0v) is 19.2. The fraction of sp³-hybridized carbons (Fsp3) is 0.560. The molecule has 1 saturated carbocycles. The molecule has 1 aromatic rings. The Morgan fingerprint density at radius 2 is 1.69 bits per heavy atom. The van der Waals surface area contributed by atoms with E-state index in [-0.39, 0.29) is 24.1 Å². The van der Waals surface area contributed by atoms with Crippen LogP contribution in [0.15, 0.2) is 36.9 Å². The second kappa shape index (κ2) is 12.9. The van der Waals surface area contributed by atoms with Crippen LogP contribution >= 0.6 is 0 Å². The first-order chi connectivity index (χ1) is 15.4. The van der Waals surface area contributed by atoms with Crippen LogP contribution in [0.2, 0.25) is 0 Å². The second-order valence-electron chi connectivity index (χ2n) is 8.06. The zero-order valence-electron chi connectivity index (χ0n) is 19.2. The molecular weight excluding hydrogens is 412 g/mol. The quantitative estimate of drug-likeness (QED) is 0.275. The van der Waals surface area contributed by atoms with Gasteiger partial charge in [-0.1, -0.05) is 26.8 Å². The van der Waals surface area contributed by atoms with Gasteiger partial charge >= 0.3 is 17.9 Å². The van der Waals surface area contributed by atoms with Gasteiger partial charge in [-0.2, -0.15) is 0 Å². The minimum absolute atomic E-state index is 0.124. The summed E-state index contributed by atoms with van der Waals surface area (Å²) in [6, 6.07) is 7.02. The van der Waals surface area contributed by atoms with E-state index in [9.17, 15) is 14.4 Å². The molecule has 7 heteroatoms. The average molecular weight is 447 g/mol. The number of hydrogen-bond acceptors (Lipinski definition) is 7. The number of rotatable bonds is 11. The van der Waals surface area contributed by atoms with Crippen molar-refractivity contribution >= 4 is 17.9 Å². The summed E-state index contributed by atoms with van der Waals surface area (Å²) >= 11 is 0. The largest absolute Gasteiger partial charge is 0.491 e. The Hall–Kier alpha value is -2.83. The summed E-state index contributed by atoms with van der Waals surface area (Å²) < 4.78 is 21.9. The summed E-state index contributed by atoms with van der Waals surface area (Å²) in [6.07, 6.45) is 4.14.